The van der Waals surface area contributed by atoms with Gasteiger partial charge in [-0.15, -0.1) is 0 Å². The maximum atomic E-state index is 13.2. The normalized spacial score (nSPS) is 10.5. The molecule has 1 amide bonds. The van der Waals surface area contributed by atoms with Gasteiger partial charge < -0.3 is 29.4 Å². The molecule has 10 heteroatoms. The molecule has 3 aromatic rings. The van der Waals surface area contributed by atoms with Crippen LogP contribution in [0.15, 0.2) is 47.3 Å². The number of aromatic nitrogens is 2. The molecule has 0 bridgehead atoms. The number of carbonyl (C=O) groups is 1. The number of aliphatic hydroxyl groups is 1. The predicted molar refractivity (Wildman–Crippen MR) is 130 cm³/mol. The van der Waals surface area contributed by atoms with E-state index in [1.54, 1.807) is 56.5 Å². The fraction of sp³-hybridized carbons (Fsp3) is 0.320. The average Bonchev–Trinajstić information content (AvgIpc) is 2.87. The molecule has 0 atom stereocenters. The number of benzene rings is 2. The number of nitrogens with zero attached hydrogens (tertiary/aromatic N) is 2. The lowest BCUT2D eigenvalue weighted by atomic mass is 10.1. The topological polar surface area (TPSA) is 121 Å². The van der Waals surface area contributed by atoms with Crippen molar-refractivity contribution in [1.82, 2.24) is 9.55 Å². The summed E-state index contributed by atoms with van der Waals surface area (Å²) >= 11 is 0. The molecule has 0 saturated carbocycles. The van der Waals surface area contributed by atoms with E-state index in [2.05, 4.69) is 10.3 Å². The standard InChI is InChI=1S/C25H29N3O7/c1-16-20(11-12-29)25(31)28(23(26-16)15-35-18-7-5-17(32-2)6-8-18)14-24(30)27-21-13-19(33-3)9-10-22(21)34-4/h5-10,13,29H,11-12,14-15H2,1-4H3,(H,27,30). The van der Waals surface area contributed by atoms with Crippen molar-refractivity contribution < 1.29 is 28.8 Å². The summed E-state index contributed by atoms with van der Waals surface area (Å²) in [4.78, 5) is 30.7. The van der Waals surface area contributed by atoms with Gasteiger partial charge in [0.2, 0.25) is 5.91 Å². The molecular weight excluding hydrogens is 454 g/mol. The van der Waals surface area contributed by atoms with Gasteiger partial charge in [0.1, 0.15) is 42.0 Å². The first kappa shape index (κ1) is 25.6. The van der Waals surface area contributed by atoms with E-state index in [0.717, 1.165) is 0 Å². The summed E-state index contributed by atoms with van der Waals surface area (Å²) in [5.74, 6) is 2.02. The monoisotopic (exact) mass is 483 g/mol. The van der Waals surface area contributed by atoms with Crippen LogP contribution in [0.2, 0.25) is 0 Å². The number of aryl methyl sites for hydroxylation is 1. The van der Waals surface area contributed by atoms with E-state index in [1.807, 2.05) is 0 Å². The minimum absolute atomic E-state index is 0.0441. The Kier molecular flexibility index (Phi) is 8.69. The number of amides is 1. The van der Waals surface area contributed by atoms with Gasteiger partial charge in [-0.3, -0.25) is 14.2 Å². The molecule has 35 heavy (non-hydrogen) atoms. The quantitative estimate of drug-likeness (QED) is 0.426. The zero-order valence-electron chi connectivity index (χ0n) is 20.2. The van der Waals surface area contributed by atoms with Gasteiger partial charge in [0.25, 0.3) is 5.56 Å². The van der Waals surface area contributed by atoms with Gasteiger partial charge in [0, 0.05) is 30.4 Å². The molecule has 0 unspecified atom stereocenters. The van der Waals surface area contributed by atoms with E-state index >= 15 is 0 Å². The van der Waals surface area contributed by atoms with Crippen molar-refractivity contribution in [3.8, 4) is 23.0 Å². The zero-order valence-corrected chi connectivity index (χ0v) is 20.2. The van der Waals surface area contributed by atoms with Gasteiger partial charge in [-0.05, 0) is 43.3 Å². The minimum atomic E-state index is -0.468. The van der Waals surface area contributed by atoms with Crippen molar-refractivity contribution in [2.75, 3.05) is 33.3 Å². The van der Waals surface area contributed by atoms with Crippen LogP contribution in [-0.2, 0) is 24.4 Å². The summed E-state index contributed by atoms with van der Waals surface area (Å²) in [5, 5.41) is 12.1. The van der Waals surface area contributed by atoms with Crippen LogP contribution < -0.4 is 29.8 Å². The van der Waals surface area contributed by atoms with Crippen molar-refractivity contribution in [3.63, 3.8) is 0 Å². The maximum Gasteiger partial charge on any atom is 0.257 e. The summed E-state index contributed by atoms with van der Waals surface area (Å²) < 4.78 is 22.7. The smallest absolute Gasteiger partial charge is 0.257 e. The molecule has 186 valence electrons. The number of anilines is 1. The van der Waals surface area contributed by atoms with Gasteiger partial charge in [-0.1, -0.05) is 0 Å². The average molecular weight is 484 g/mol. The second-order valence-electron chi connectivity index (χ2n) is 7.54. The predicted octanol–water partition coefficient (Wildman–Crippen LogP) is 2.33. The number of nitrogens with one attached hydrogen (secondary N) is 1. The number of carbonyl (C=O) groups excluding carboxylic acids is 1. The van der Waals surface area contributed by atoms with Crippen molar-refractivity contribution in [2.45, 2.75) is 26.5 Å². The highest BCUT2D eigenvalue weighted by Crippen LogP contribution is 2.29. The molecule has 2 aromatic carbocycles. The highest BCUT2D eigenvalue weighted by Gasteiger charge is 2.18. The van der Waals surface area contributed by atoms with Gasteiger partial charge in [-0.25, -0.2) is 4.98 Å². The first-order valence-electron chi connectivity index (χ1n) is 10.9. The Bertz CT molecular complexity index is 1220. The fourth-order valence-corrected chi connectivity index (χ4v) is 3.49. The van der Waals surface area contributed by atoms with Crippen LogP contribution in [0, 0.1) is 6.92 Å². The molecule has 0 radical (unpaired) electrons. The van der Waals surface area contributed by atoms with Crippen molar-refractivity contribution >= 4 is 11.6 Å². The molecule has 0 aliphatic carbocycles. The molecule has 3 rings (SSSR count). The third-order valence-corrected chi connectivity index (χ3v) is 5.32. The molecule has 0 fully saturated rings. The Hall–Kier alpha value is -4.05. The van der Waals surface area contributed by atoms with Crippen LogP contribution in [0.4, 0.5) is 5.69 Å². The molecule has 0 aliphatic rings. The van der Waals surface area contributed by atoms with Crippen LogP contribution in [0.3, 0.4) is 0 Å². The molecule has 1 heterocycles. The Morgan fingerprint density at radius 3 is 2.29 bits per heavy atom. The number of hydrogen-bond acceptors (Lipinski definition) is 8. The van der Waals surface area contributed by atoms with Crippen LogP contribution in [-0.4, -0.2) is 48.5 Å². The zero-order chi connectivity index (χ0) is 25.4. The number of methoxy groups -OCH3 is 3. The van der Waals surface area contributed by atoms with Crippen LogP contribution >= 0.6 is 0 Å². The van der Waals surface area contributed by atoms with E-state index in [-0.39, 0.29) is 32.0 Å². The van der Waals surface area contributed by atoms with Crippen molar-refractivity contribution in [3.05, 3.63) is 69.9 Å². The molecule has 0 spiro atoms. The Balaban J connectivity index is 1.89. The van der Waals surface area contributed by atoms with Gasteiger partial charge in [0.05, 0.1) is 27.0 Å². The largest absolute Gasteiger partial charge is 0.497 e. The van der Waals surface area contributed by atoms with Crippen LogP contribution in [0.5, 0.6) is 23.0 Å². The summed E-state index contributed by atoms with van der Waals surface area (Å²) in [6.45, 7) is 1.12. The summed E-state index contributed by atoms with van der Waals surface area (Å²) in [6, 6.07) is 12.0. The first-order valence-corrected chi connectivity index (χ1v) is 10.9. The van der Waals surface area contributed by atoms with Gasteiger partial charge in [0.15, 0.2) is 0 Å². The Morgan fingerprint density at radius 2 is 1.66 bits per heavy atom. The fourth-order valence-electron chi connectivity index (χ4n) is 3.49. The second-order valence-corrected chi connectivity index (χ2v) is 7.54. The maximum absolute atomic E-state index is 13.2. The summed E-state index contributed by atoms with van der Waals surface area (Å²) in [5.41, 5.74) is 0.806. The SMILES string of the molecule is COc1ccc(OCc2nc(C)c(CCO)c(=O)n2CC(=O)Nc2cc(OC)ccc2OC)cc1. The lowest BCUT2D eigenvalue weighted by molar-refractivity contribution is -0.116. The number of ether oxygens (including phenoxy) is 4. The minimum Gasteiger partial charge on any atom is -0.497 e. The highest BCUT2D eigenvalue weighted by molar-refractivity contribution is 5.92. The molecule has 10 nitrogen and oxygen atoms in total. The van der Waals surface area contributed by atoms with E-state index < -0.39 is 11.5 Å². The lowest BCUT2D eigenvalue weighted by Gasteiger charge is -2.17. The van der Waals surface area contributed by atoms with E-state index in [9.17, 15) is 14.7 Å². The highest BCUT2D eigenvalue weighted by atomic mass is 16.5. The van der Waals surface area contributed by atoms with E-state index in [4.69, 9.17) is 18.9 Å². The Labute approximate surface area is 203 Å². The van der Waals surface area contributed by atoms with Gasteiger partial charge >= 0.3 is 0 Å². The number of aliphatic hydroxyl groups excluding tert-OH is 1. The summed E-state index contributed by atoms with van der Waals surface area (Å²) in [6.07, 6.45) is 0.128. The number of hydrogen-bond donors (Lipinski definition) is 2. The molecule has 0 aliphatic heterocycles. The third kappa shape index (κ3) is 6.30. The first-order chi connectivity index (χ1) is 16.9. The molecule has 1 aromatic heterocycles. The van der Waals surface area contributed by atoms with Crippen molar-refractivity contribution in [1.29, 1.82) is 0 Å². The third-order valence-electron chi connectivity index (χ3n) is 5.32. The lowest BCUT2D eigenvalue weighted by Crippen LogP contribution is -2.34. The number of rotatable bonds is 11. The Morgan fingerprint density at radius 1 is 1.00 bits per heavy atom. The van der Waals surface area contributed by atoms with Crippen molar-refractivity contribution in [2.24, 2.45) is 0 Å². The van der Waals surface area contributed by atoms with E-state index in [0.29, 0.717) is 39.9 Å². The van der Waals surface area contributed by atoms with Gasteiger partial charge in [-0.2, -0.15) is 0 Å². The second kappa shape index (κ2) is 11.9. The molecular formula is C25H29N3O7. The van der Waals surface area contributed by atoms with Crippen LogP contribution in [0.1, 0.15) is 17.1 Å². The molecule has 2 N–H and O–H groups in total. The van der Waals surface area contributed by atoms with Crippen LogP contribution in [0.25, 0.3) is 0 Å². The molecule has 0 saturated heterocycles. The van der Waals surface area contributed by atoms with E-state index in [1.165, 1.54) is 18.8 Å². The summed E-state index contributed by atoms with van der Waals surface area (Å²) in [7, 11) is 4.58.